The number of ether oxygens (including phenoxy) is 1. The zero-order valence-electron chi connectivity index (χ0n) is 33.8. The van der Waals surface area contributed by atoms with Crippen molar-refractivity contribution in [2.24, 2.45) is 0 Å². The smallest absolute Gasteiger partial charge is 0.432 e. The molecule has 0 radical (unpaired) electrons. The summed E-state index contributed by atoms with van der Waals surface area (Å²) in [4.78, 5) is 87.5. The number of aliphatic hydroxyl groups excluding tert-OH is 1. The minimum atomic E-state index is -1.17. The van der Waals surface area contributed by atoms with Gasteiger partial charge in [0.25, 0.3) is 11.8 Å². The van der Waals surface area contributed by atoms with Crippen LogP contribution >= 0.6 is 0 Å². The molecule has 60 heavy (non-hydrogen) atoms. The van der Waals surface area contributed by atoms with E-state index in [0.717, 1.165) is 55.9 Å². The molecular weight excluding hydrogens is 771 g/mol. The molecule has 3 aliphatic rings. The maximum absolute atomic E-state index is 12.3. The van der Waals surface area contributed by atoms with Gasteiger partial charge in [0.15, 0.2) is 0 Å². The number of nitrogens with one attached hydrogen (secondary N) is 4. The van der Waals surface area contributed by atoms with Gasteiger partial charge >= 0.3 is 6.16 Å². The van der Waals surface area contributed by atoms with Gasteiger partial charge < -0.3 is 31.1 Å². The zero-order valence-corrected chi connectivity index (χ0v) is 33.8. The fourth-order valence-electron chi connectivity index (χ4n) is 7.32. The Morgan fingerprint density at radius 2 is 0.867 bits per heavy atom. The second kappa shape index (κ2) is 18.8. The molecule has 0 aromatic heterocycles. The zero-order chi connectivity index (χ0) is 43.1. The SMILES string of the molecule is CCC(=O)Nc1ccc2c(c1)C(CO)c1cc(NC(=O)CC)ccc1-2.CCC(=O)Nc1ccc2c(c1)C(COC(=O)ON1C(=O)CCC1=O)c1cc(NC(=O)CC)ccc1-2. The van der Waals surface area contributed by atoms with E-state index < -0.39 is 23.9 Å². The monoisotopic (exact) mass is 817 g/mol. The number of nitrogens with zero attached hydrogens (tertiary/aromatic N) is 1. The summed E-state index contributed by atoms with van der Waals surface area (Å²) in [5.74, 6) is -2.16. The quantitative estimate of drug-likeness (QED) is 0.0717. The van der Waals surface area contributed by atoms with Crippen molar-refractivity contribution >= 4 is 64.3 Å². The molecule has 4 aromatic rings. The van der Waals surface area contributed by atoms with E-state index in [0.29, 0.717) is 42.1 Å². The van der Waals surface area contributed by atoms with Gasteiger partial charge in [0.2, 0.25) is 23.6 Å². The standard InChI is InChI=1S/C25H25N3O7.C20H22N2O3/c1-3-21(29)26-14-5-7-16-17-8-6-15(27-22(30)4-2)12-19(17)20(18(16)11-14)13-34-25(33)35-28-23(31)9-10-24(28)32;1-3-19(24)21-12-5-7-14-15-8-6-13(22-20(25)4-2)10-17(15)18(11-23)16(14)9-12/h5-8,11-12,20H,3-4,9-10,13H2,1-2H3,(H,26,29)(H,27,30);5-10,18,23H,3-4,11H2,1-2H3,(H,21,24)(H,22,25). The van der Waals surface area contributed by atoms with E-state index >= 15 is 0 Å². The maximum atomic E-state index is 12.3. The molecule has 15 nitrogen and oxygen atoms in total. The molecule has 5 N–H and O–H groups in total. The summed E-state index contributed by atoms with van der Waals surface area (Å²) in [7, 11) is 0. The molecule has 0 saturated carbocycles. The van der Waals surface area contributed by atoms with Crippen molar-refractivity contribution in [1.29, 1.82) is 0 Å². The van der Waals surface area contributed by atoms with Crippen molar-refractivity contribution < 1.29 is 48.2 Å². The Morgan fingerprint density at radius 1 is 0.550 bits per heavy atom. The third kappa shape index (κ3) is 9.37. The van der Waals surface area contributed by atoms with Gasteiger partial charge in [0, 0.05) is 73.1 Å². The number of hydrogen-bond acceptors (Lipinski definition) is 10. The predicted molar refractivity (Wildman–Crippen MR) is 224 cm³/mol. The van der Waals surface area contributed by atoms with E-state index in [2.05, 4.69) is 21.3 Å². The van der Waals surface area contributed by atoms with Crippen molar-refractivity contribution in [2.45, 2.75) is 78.1 Å². The van der Waals surface area contributed by atoms with Crippen LogP contribution in [0.15, 0.2) is 72.8 Å². The van der Waals surface area contributed by atoms with E-state index in [4.69, 9.17) is 9.57 Å². The lowest BCUT2D eigenvalue weighted by molar-refractivity contribution is -0.177. The number of carbonyl (C=O) groups is 7. The molecule has 1 aliphatic heterocycles. The topological polar surface area (TPSA) is 210 Å². The Bertz CT molecular complexity index is 2230. The van der Waals surface area contributed by atoms with E-state index in [9.17, 15) is 38.7 Å². The van der Waals surface area contributed by atoms with Crippen LogP contribution in [0, 0.1) is 0 Å². The van der Waals surface area contributed by atoms with E-state index in [-0.39, 0.29) is 55.6 Å². The number of benzene rings is 4. The average Bonchev–Trinajstić information content (AvgIpc) is 3.85. The largest absolute Gasteiger partial charge is 0.533 e. The summed E-state index contributed by atoms with van der Waals surface area (Å²) in [6.07, 6.45) is 0.271. The van der Waals surface area contributed by atoms with E-state index in [1.54, 1.807) is 39.8 Å². The number of aliphatic hydroxyl groups is 1. The van der Waals surface area contributed by atoms with Crippen LogP contribution in [-0.2, 0) is 38.3 Å². The molecule has 312 valence electrons. The van der Waals surface area contributed by atoms with Crippen LogP contribution in [0.5, 0.6) is 0 Å². The Hall–Kier alpha value is -6.87. The normalized spacial score (nSPS) is 13.6. The highest BCUT2D eigenvalue weighted by Gasteiger charge is 2.35. The summed E-state index contributed by atoms with van der Waals surface area (Å²) in [5, 5.41) is 21.7. The van der Waals surface area contributed by atoms with Gasteiger partial charge in [-0.15, -0.1) is 0 Å². The highest BCUT2D eigenvalue weighted by atomic mass is 16.8. The number of anilines is 4. The van der Waals surface area contributed by atoms with Crippen LogP contribution in [0.25, 0.3) is 22.3 Å². The Morgan fingerprint density at radius 3 is 1.17 bits per heavy atom. The molecule has 7 rings (SSSR count). The number of imide groups is 1. The molecule has 2 aliphatic carbocycles. The summed E-state index contributed by atoms with van der Waals surface area (Å²) in [6.45, 7) is 6.94. The minimum absolute atomic E-state index is 0.0198. The molecule has 0 atom stereocenters. The Kier molecular flexibility index (Phi) is 13.4. The second-order valence-corrected chi connectivity index (χ2v) is 14.3. The van der Waals surface area contributed by atoms with Crippen LogP contribution in [0.4, 0.5) is 27.5 Å². The third-order valence-corrected chi connectivity index (χ3v) is 10.4. The molecule has 4 aromatic carbocycles. The lowest BCUT2D eigenvalue weighted by atomic mass is 9.97. The molecule has 0 bridgehead atoms. The number of hydroxylamine groups is 2. The van der Waals surface area contributed by atoms with Gasteiger partial charge in [-0.05, 0) is 93.0 Å². The first-order valence-corrected chi connectivity index (χ1v) is 19.9. The number of hydrogen-bond donors (Lipinski definition) is 5. The fourth-order valence-corrected chi connectivity index (χ4v) is 7.32. The minimum Gasteiger partial charge on any atom is -0.432 e. The van der Waals surface area contributed by atoms with Gasteiger partial charge in [0.1, 0.15) is 6.61 Å². The summed E-state index contributed by atoms with van der Waals surface area (Å²) in [6, 6.07) is 22.5. The molecular formula is C45H47N5O10. The van der Waals surface area contributed by atoms with Crippen molar-refractivity contribution in [3.8, 4) is 22.3 Å². The molecule has 1 saturated heterocycles. The number of rotatable bonds is 12. The molecule has 1 heterocycles. The fraction of sp³-hybridized carbons (Fsp3) is 0.311. The average molecular weight is 818 g/mol. The predicted octanol–water partition coefficient (Wildman–Crippen LogP) is 7.20. The molecule has 1 fully saturated rings. The number of carbonyl (C=O) groups excluding carboxylic acids is 7. The van der Waals surface area contributed by atoms with Crippen molar-refractivity contribution in [3.05, 3.63) is 95.1 Å². The lowest BCUT2D eigenvalue weighted by Crippen LogP contribution is -2.32. The van der Waals surface area contributed by atoms with Crippen molar-refractivity contribution in [1.82, 2.24) is 5.06 Å². The number of amides is 6. The Balaban J connectivity index is 0.000000213. The first-order valence-electron chi connectivity index (χ1n) is 19.9. The summed E-state index contributed by atoms with van der Waals surface area (Å²) in [5.41, 5.74) is 10.2. The van der Waals surface area contributed by atoms with Gasteiger partial charge in [-0.25, -0.2) is 4.79 Å². The van der Waals surface area contributed by atoms with Crippen LogP contribution in [0.1, 0.15) is 100 Å². The first-order chi connectivity index (χ1) is 28.9. The Labute approximate surface area is 346 Å². The summed E-state index contributed by atoms with van der Waals surface area (Å²) >= 11 is 0. The molecule has 6 amide bonds. The first kappa shape index (κ1) is 42.7. The van der Waals surface area contributed by atoms with E-state index in [1.807, 2.05) is 60.7 Å². The second-order valence-electron chi connectivity index (χ2n) is 14.3. The molecule has 0 unspecified atom stereocenters. The van der Waals surface area contributed by atoms with Gasteiger partial charge in [-0.1, -0.05) is 57.0 Å². The van der Waals surface area contributed by atoms with Crippen LogP contribution in [0.3, 0.4) is 0 Å². The maximum Gasteiger partial charge on any atom is 0.533 e. The van der Waals surface area contributed by atoms with Gasteiger partial charge in [0.05, 0.1) is 6.61 Å². The van der Waals surface area contributed by atoms with Crippen molar-refractivity contribution in [3.63, 3.8) is 0 Å². The number of fused-ring (bicyclic) bond motifs is 6. The van der Waals surface area contributed by atoms with Crippen molar-refractivity contribution in [2.75, 3.05) is 34.5 Å². The highest BCUT2D eigenvalue weighted by molar-refractivity contribution is 6.01. The third-order valence-electron chi connectivity index (χ3n) is 10.4. The molecule has 0 spiro atoms. The van der Waals surface area contributed by atoms with E-state index in [1.165, 1.54) is 0 Å². The van der Waals surface area contributed by atoms with Gasteiger partial charge in [-0.2, -0.15) is 0 Å². The molecule has 15 heteroatoms. The van der Waals surface area contributed by atoms with Crippen LogP contribution in [-0.4, -0.2) is 65.0 Å². The summed E-state index contributed by atoms with van der Waals surface area (Å²) < 4.78 is 5.30. The van der Waals surface area contributed by atoms with Gasteiger partial charge in [-0.3, -0.25) is 33.6 Å². The highest BCUT2D eigenvalue weighted by Crippen LogP contribution is 2.48. The van der Waals surface area contributed by atoms with Crippen LogP contribution in [0.2, 0.25) is 0 Å². The van der Waals surface area contributed by atoms with Crippen LogP contribution < -0.4 is 21.3 Å². The lowest BCUT2D eigenvalue weighted by Gasteiger charge is -2.17.